The van der Waals surface area contributed by atoms with Gasteiger partial charge in [0.05, 0.1) is 0 Å². The maximum absolute atomic E-state index is 11.8. The maximum Gasteiger partial charge on any atom is 0.334 e. The normalized spacial score (nSPS) is 40.7. The first kappa shape index (κ1) is 15.3. The second-order valence-electron chi connectivity index (χ2n) is 7.10. The summed E-state index contributed by atoms with van der Waals surface area (Å²) in [6.07, 6.45) is 9.91. The van der Waals surface area contributed by atoms with Gasteiger partial charge in [-0.25, -0.2) is 4.79 Å². The number of hydrogen-bond donors (Lipinski definition) is 0. The Balaban J connectivity index is 1.92. The van der Waals surface area contributed by atoms with E-state index in [1.165, 1.54) is 16.7 Å². The SMILES string of the molecule is C=C1CC/C=C(\C)CC/C=C(\C)[C@H]2C[C@H]3C(=C)C(=O)O[C@H]3[C@H]12. The molecule has 22 heavy (non-hydrogen) atoms. The van der Waals surface area contributed by atoms with Crippen molar-refractivity contribution in [3.63, 3.8) is 0 Å². The molecule has 0 bridgehead atoms. The van der Waals surface area contributed by atoms with Gasteiger partial charge in [0.1, 0.15) is 6.10 Å². The van der Waals surface area contributed by atoms with Crippen LogP contribution in [0.4, 0.5) is 0 Å². The molecule has 0 unspecified atom stereocenters. The summed E-state index contributed by atoms with van der Waals surface area (Å²) in [6.45, 7) is 12.8. The highest BCUT2D eigenvalue weighted by Crippen LogP contribution is 2.52. The third kappa shape index (κ3) is 2.60. The smallest absolute Gasteiger partial charge is 0.334 e. The molecule has 3 rings (SSSR count). The molecule has 4 atom stereocenters. The molecule has 0 aromatic carbocycles. The molecule has 3 aliphatic rings. The molecule has 2 nitrogen and oxygen atoms in total. The number of allylic oxidation sites excluding steroid dienone is 4. The average Bonchev–Trinajstić information content (AvgIpc) is 2.95. The minimum Gasteiger partial charge on any atom is -0.458 e. The lowest BCUT2D eigenvalue weighted by Gasteiger charge is -2.26. The number of carbonyl (C=O) groups excluding carboxylic acids is 1. The molecule has 2 aliphatic carbocycles. The molecule has 2 fully saturated rings. The van der Waals surface area contributed by atoms with Gasteiger partial charge in [-0.3, -0.25) is 0 Å². The van der Waals surface area contributed by atoms with Crippen molar-refractivity contribution >= 4 is 5.97 Å². The number of carbonyl (C=O) groups is 1. The van der Waals surface area contributed by atoms with Gasteiger partial charge < -0.3 is 4.74 Å². The van der Waals surface area contributed by atoms with E-state index in [9.17, 15) is 4.79 Å². The Labute approximate surface area is 133 Å². The van der Waals surface area contributed by atoms with Gasteiger partial charge >= 0.3 is 5.97 Å². The molecular weight excluding hydrogens is 272 g/mol. The van der Waals surface area contributed by atoms with E-state index in [4.69, 9.17) is 4.74 Å². The van der Waals surface area contributed by atoms with E-state index in [1.807, 2.05) is 0 Å². The maximum atomic E-state index is 11.8. The van der Waals surface area contributed by atoms with Crippen LogP contribution in [0.3, 0.4) is 0 Å². The summed E-state index contributed by atoms with van der Waals surface area (Å²) >= 11 is 0. The predicted molar refractivity (Wildman–Crippen MR) is 89.2 cm³/mol. The lowest BCUT2D eigenvalue weighted by Crippen LogP contribution is -2.25. The summed E-state index contributed by atoms with van der Waals surface area (Å²) in [5.74, 6) is 0.692. The average molecular weight is 298 g/mol. The zero-order chi connectivity index (χ0) is 15.9. The number of rotatable bonds is 0. The molecule has 0 N–H and O–H groups in total. The van der Waals surface area contributed by atoms with Crippen molar-refractivity contribution in [3.8, 4) is 0 Å². The van der Waals surface area contributed by atoms with Gasteiger partial charge in [-0.05, 0) is 51.9 Å². The Morgan fingerprint density at radius 1 is 1.09 bits per heavy atom. The molecule has 0 spiro atoms. The highest BCUT2D eigenvalue weighted by Gasteiger charge is 2.53. The molecule has 1 saturated heterocycles. The van der Waals surface area contributed by atoms with Crippen molar-refractivity contribution in [3.05, 3.63) is 47.6 Å². The lowest BCUT2D eigenvalue weighted by molar-refractivity contribution is -0.140. The number of fused-ring (bicyclic) bond motifs is 3. The molecule has 1 heterocycles. The van der Waals surface area contributed by atoms with Crippen LogP contribution >= 0.6 is 0 Å². The summed E-state index contributed by atoms with van der Waals surface area (Å²) in [7, 11) is 0. The van der Waals surface area contributed by atoms with Crippen LogP contribution in [0.15, 0.2) is 47.6 Å². The van der Waals surface area contributed by atoms with E-state index in [0.717, 1.165) is 32.1 Å². The second-order valence-corrected chi connectivity index (χ2v) is 7.10. The fraction of sp³-hybridized carbons (Fsp3) is 0.550. The zero-order valence-corrected chi connectivity index (χ0v) is 13.7. The van der Waals surface area contributed by atoms with Gasteiger partial charge in [-0.1, -0.05) is 42.0 Å². The van der Waals surface area contributed by atoms with Gasteiger partial charge in [0.2, 0.25) is 0 Å². The quantitative estimate of drug-likeness (QED) is 0.367. The molecule has 0 amide bonds. The van der Waals surface area contributed by atoms with Crippen molar-refractivity contribution < 1.29 is 9.53 Å². The van der Waals surface area contributed by atoms with Crippen LogP contribution in [0.5, 0.6) is 0 Å². The fourth-order valence-electron chi connectivity index (χ4n) is 4.32. The summed E-state index contributed by atoms with van der Waals surface area (Å²) in [5, 5.41) is 0. The standard InChI is InChI=1S/C20H26O2/c1-12-7-5-9-13(2)16-11-17-15(4)20(21)22-19(17)18(16)14(3)10-6-8-12/h8-9,16-19H,3-7,10-11H2,1-2H3/b12-8+,13-9+/t16-,17+,18-,19-/m1/s1. The number of ether oxygens (including phenoxy) is 1. The van der Waals surface area contributed by atoms with Crippen LogP contribution < -0.4 is 0 Å². The Morgan fingerprint density at radius 2 is 1.82 bits per heavy atom. The largest absolute Gasteiger partial charge is 0.458 e. The molecular formula is C20H26O2. The van der Waals surface area contributed by atoms with Crippen molar-refractivity contribution in [2.45, 2.75) is 52.1 Å². The van der Waals surface area contributed by atoms with Crippen molar-refractivity contribution in [2.24, 2.45) is 17.8 Å². The van der Waals surface area contributed by atoms with Crippen LogP contribution in [-0.4, -0.2) is 12.1 Å². The third-order valence-electron chi connectivity index (χ3n) is 5.66. The van der Waals surface area contributed by atoms with Crippen LogP contribution in [-0.2, 0) is 9.53 Å². The lowest BCUT2D eigenvalue weighted by atomic mass is 9.82. The monoisotopic (exact) mass is 298 g/mol. The molecule has 0 radical (unpaired) electrons. The first-order valence-corrected chi connectivity index (χ1v) is 8.38. The zero-order valence-electron chi connectivity index (χ0n) is 13.7. The summed E-state index contributed by atoms with van der Waals surface area (Å²) in [5.41, 5.74) is 4.79. The molecule has 1 aliphatic heterocycles. The van der Waals surface area contributed by atoms with Gasteiger partial charge in [-0.15, -0.1) is 0 Å². The second kappa shape index (κ2) is 5.91. The minimum atomic E-state index is -0.201. The van der Waals surface area contributed by atoms with Crippen molar-refractivity contribution in [1.82, 2.24) is 0 Å². The minimum absolute atomic E-state index is 0.0355. The highest BCUT2D eigenvalue weighted by atomic mass is 16.6. The summed E-state index contributed by atoms with van der Waals surface area (Å²) in [6, 6.07) is 0. The fourth-order valence-corrected chi connectivity index (χ4v) is 4.32. The van der Waals surface area contributed by atoms with Crippen molar-refractivity contribution in [1.29, 1.82) is 0 Å². The van der Waals surface area contributed by atoms with Crippen LogP contribution in [0.25, 0.3) is 0 Å². The van der Waals surface area contributed by atoms with E-state index in [0.29, 0.717) is 11.5 Å². The summed E-state index contributed by atoms with van der Waals surface area (Å²) < 4.78 is 5.66. The van der Waals surface area contributed by atoms with E-state index in [2.05, 4.69) is 39.2 Å². The first-order chi connectivity index (χ1) is 10.5. The van der Waals surface area contributed by atoms with E-state index >= 15 is 0 Å². The summed E-state index contributed by atoms with van der Waals surface area (Å²) in [4.78, 5) is 11.8. The molecule has 0 aromatic rings. The van der Waals surface area contributed by atoms with E-state index in [-0.39, 0.29) is 23.9 Å². The van der Waals surface area contributed by atoms with E-state index < -0.39 is 0 Å². The number of esters is 1. The third-order valence-corrected chi connectivity index (χ3v) is 5.66. The predicted octanol–water partition coefficient (Wildman–Crippen LogP) is 4.74. The van der Waals surface area contributed by atoms with E-state index in [1.54, 1.807) is 0 Å². The topological polar surface area (TPSA) is 26.3 Å². The van der Waals surface area contributed by atoms with Gasteiger partial charge in [0.15, 0.2) is 0 Å². The molecule has 0 aromatic heterocycles. The first-order valence-electron chi connectivity index (χ1n) is 8.38. The van der Waals surface area contributed by atoms with Crippen LogP contribution in [0.1, 0.15) is 46.0 Å². The Morgan fingerprint density at radius 3 is 2.59 bits per heavy atom. The Bertz CT molecular complexity index is 579. The Kier molecular flexibility index (Phi) is 4.12. The van der Waals surface area contributed by atoms with Crippen LogP contribution in [0, 0.1) is 17.8 Å². The Hall–Kier alpha value is -1.57. The van der Waals surface area contributed by atoms with Gasteiger partial charge in [0.25, 0.3) is 0 Å². The van der Waals surface area contributed by atoms with Crippen molar-refractivity contribution in [2.75, 3.05) is 0 Å². The molecule has 1 saturated carbocycles. The number of hydrogen-bond acceptors (Lipinski definition) is 2. The molecule has 118 valence electrons. The van der Waals surface area contributed by atoms with Gasteiger partial charge in [-0.2, -0.15) is 0 Å². The van der Waals surface area contributed by atoms with Gasteiger partial charge in [0, 0.05) is 17.4 Å². The van der Waals surface area contributed by atoms with Crippen LogP contribution in [0.2, 0.25) is 0 Å². The molecule has 2 heteroatoms. The highest BCUT2D eigenvalue weighted by molar-refractivity contribution is 5.91.